The molecule has 19 heavy (non-hydrogen) atoms. The summed E-state index contributed by atoms with van der Waals surface area (Å²) in [4.78, 5) is 19.4. The van der Waals surface area contributed by atoms with Gasteiger partial charge in [-0.1, -0.05) is 12.1 Å². The topological polar surface area (TPSA) is 80.9 Å². The molecule has 5 nitrogen and oxygen atoms in total. The second-order valence-electron chi connectivity index (χ2n) is 4.06. The smallest absolute Gasteiger partial charge is 0.273 e. The van der Waals surface area contributed by atoms with E-state index in [2.05, 4.69) is 15.3 Å². The first-order valence-corrected chi connectivity index (χ1v) is 5.67. The Balaban J connectivity index is 2.04. The van der Waals surface area contributed by atoms with E-state index in [1.54, 1.807) is 19.1 Å². The zero-order valence-corrected chi connectivity index (χ0v) is 10.4. The zero-order valence-electron chi connectivity index (χ0n) is 10.4. The number of carbonyl (C=O) groups excluding carboxylic acids is 1. The fourth-order valence-electron chi connectivity index (χ4n) is 1.54. The minimum Gasteiger partial charge on any atom is -0.382 e. The average Bonchev–Trinajstić information content (AvgIpc) is 2.40. The van der Waals surface area contributed by atoms with E-state index in [1.165, 1.54) is 18.5 Å². The first kappa shape index (κ1) is 12.9. The summed E-state index contributed by atoms with van der Waals surface area (Å²) < 4.78 is 13.3. The van der Waals surface area contributed by atoms with Crippen molar-refractivity contribution in [3.8, 4) is 0 Å². The van der Waals surface area contributed by atoms with E-state index in [0.29, 0.717) is 11.1 Å². The lowest BCUT2D eigenvalue weighted by Gasteiger charge is -2.06. The number of rotatable bonds is 3. The molecule has 1 amide bonds. The third-order valence-corrected chi connectivity index (χ3v) is 2.63. The van der Waals surface area contributed by atoms with Crippen LogP contribution in [0, 0.1) is 12.7 Å². The Hall–Kier alpha value is -2.50. The Morgan fingerprint density at radius 2 is 2.11 bits per heavy atom. The van der Waals surface area contributed by atoms with Gasteiger partial charge in [0.15, 0.2) is 11.5 Å². The molecule has 0 bridgehead atoms. The second kappa shape index (κ2) is 5.43. The van der Waals surface area contributed by atoms with E-state index < -0.39 is 5.91 Å². The van der Waals surface area contributed by atoms with Gasteiger partial charge in [-0.3, -0.25) is 4.79 Å². The molecule has 0 radical (unpaired) electrons. The van der Waals surface area contributed by atoms with Crippen LogP contribution in [0.4, 0.5) is 10.2 Å². The summed E-state index contributed by atoms with van der Waals surface area (Å²) in [7, 11) is 0. The van der Waals surface area contributed by atoms with Gasteiger partial charge >= 0.3 is 0 Å². The van der Waals surface area contributed by atoms with E-state index in [0.717, 1.165) is 0 Å². The Labute approximate surface area is 109 Å². The molecular weight excluding hydrogens is 247 g/mol. The van der Waals surface area contributed by atoms with Crippen LogP contribution < -0.4 is 11.1 Å². The molecule has 6 heteroatoms. The summed E-state index contributed by atoms with van der Waals surface area (Å²) in [5, 5.41) is 2.61. The van der Waals surface area contributed by atoms with Crippen LogP contribution in [0.2, 0.25) is 0 Å². The fourth-order valence-corrected chi connectivity index (χ4v) is 1.54. The maximum atomic E-state index is 13.3. The van der Waals surface area contributed by atoms with Crippen LogP contribution in [0.3, 0.4) is 0 Å². The summed E-state index contributed by atoms with van der Waals surface area (Å²) in [5.74, 6) is -0.674. The summed E-state index contributed by atoms with van der Waals surface area (Å²) >= 11 is 0. The number of nitrogens with one attached hydrogen (secondary N) is 1. The Morgan fingerprint density at radius 3 is 2.79 bits per heavy atom. The number of anilines is 1. The van der Waals surface area contributed by atoms with Gasteiger partial charge in [0, 0.05) is 18.9 Å². The number of aromatic nitrogens is 2. The lowest BCUT2D eigenvalue weighted by Crippen LogP contribution is -2.25. The summed E-state index contributed by atoms with van der Waals surface area (Å²) in [6.07, 6.45) is 2.79. The second-order valence-corrected chi connectivity index (χ2v) is 4.06. The molecule has 0 aliphatic heterocycles. The van der Waals surface area contributed by atoms with Crippen LogP contribution in [0.1, 0.15) is 21.6 Å². The molecule has 0 saturated heterocycles. The van der Waals surface area contributed by atoms with Crippen LogP contribution >= 0.6 is 0 Å². The van der Waals surface area contributed by atoms with Crippen LogP contribution in [-0.2, 0) is 6.54 Å². The molecule has 2 rings (SSSR count). The van der Waals surface area contributed by atoms with Crippen molar-refractivity contribution in [3.63, 3.8) is 0 Å². The molecule has 0 spiro atoms. The number of aryl methyl sites for hydroxylation is 1. The number of nitrogens with two attached hydrogens (primary N) is 1. The maximum absolute atomic E-state index is 13.3. The van der Waals surface area contributed by atoms with Crippen LogP contribution in [0.25, 0.3) is 0 Å². The highest BCUT2D eigenvalue weighted by Gasteiger charge is 2.11. The number of amides is 1. The minimum absolute atomic E-state index is 0.0649. The number of hydrogen-bond donors (Lipinski definition) is 2. The summed E-state index contributed by atoms with van der Waals surface area (Å²) in [5.41, 5.74) is 6.83. The molecule has 1 aromatic heterocycles. The van der Waals surface area contributed by atoms with Crippen molar-refractivity contribution in [1.29, 1.82) is 0 Å². The zero-order chi connectivity index (χ0) is 13.8. The largest absolute Gasteiger partial charge is 0.382 e. The molecule has 0 saturated carbocycles. The molecule has 3 N–H and O–H groups in total. The number of benzene rings is 1. The number of hydrogen-bond acceptors (Lipinski definition) is 4. The molecule has 0 aliphatic rings. The van der Waals surface area contributed by atoms with Crippen LogP contribution in [-0.4, -0.2) is 15.9 Å². The molecule has 2 aromatic rings. The molecule has 0 fully saturated rings. The van der Waals surface area contributed by atoms with Gasteiger partial charge < -0.3 is 11.1 Å². The first-order valence-electron chi connectivity index (χ1n) is 5.67. The van der Waals surface area contributed by atoms with Gasteiger partial charge in [-0.05, 0) is 24.1 Å². The quantitative estimate of drug-likeness (QED) is 0.875. The molecular formula is C13H13FN4O. The monoisotopic (exact) mass is 260 g/mol. The normalized spacial score (nSPS) is 10.2. The van der Waals surface area contributed by atoms with E-state index in [4.69, 9.17) is 5.73 Å². The van der Waals surface area contributed by atoms with E-state index in [-0.39, 0.29) is 23.9 Å². The molecule has 1 aromatic carbocycles. The number of halogens is 1. The van der Waals surface area contributed by atoms with Crippen molar-refractivity contribution in [2.24, 2.45) is 0 Å². The highest BCUT2D eigenvalue weighted by Crippen LogP contribution is 2.09. The Kier molecular flexibility index (Phi) is 3.70. The molecule has 0 unspecified atom stereocenters. The third kappa shape index (κ3) is 3.04. The van der Waals surface area contributed by atoms with Gasteiger partial charge in [0.1, 0.15) is 5.82 Å². The average molecular weight is 260 g/mol. The highest BCUT2D eigenvalue weighted by molar-refractivity contribution is 5.96. The van der Waals surface area contributed by atoms with Gasteiger partial charge in [0.05, 0.1) is 0 Å². The van der Waals surface area contributed by atoms with Gasteiger partial charge in [-0.25, -0.2) is 14.4 Å². The molecule has 1 heterocycles. The third-order valence-electron chi connectivity index (χ3n) is 2.63. The summed E-state index contributed by atoms with van der Waals surface area (Å²) in [6.45, 7) is 1.88. The van der Waals surface area contributed by atoms with Crippen molar-refractivity contribution >= 4 is 11.7 Å². The number of carbonyl (C=O) groups is 1. The molecule has 0 atom stereocenters. The lowest BCUT2D eigenvalue weighted by molar-refractivity contribution is 0.0946. The SMILES string of the molecule is Cc1ccc(CNC(=O)c2nccnc2N)cc1F. The van der Waals surface area contributed by atoms with Crippen molar-refractivity contribution in [2.75, 3.05) is 5.73 Å². The number of nitrogen functional groups attached to an aromatic ring is 1. The van der Waals surface area contributed by atoms with Gasteiger partial charge in [0.25, 0.3) is 5.91 Å². The standard InChI is InChI=1S/C13H13FN4O/c1-8-2-3-9(6-10(8)14)7-18-13(19)11-12(15)17-5-4-16-11/h2-6H,7H2,1H3,(H2,15,17)(H,18,19). The maximum Gasteiger partial charge on any atom is 0.273 e. The lowest BCUT2D eigenvalue weighted by atomic mass is 10.1. The van der Waals surface area contributed by atoms with Crippen molar-refractivity contribution in [1.82, 2.24) is 15.3 Å². The Morgan fingerprint density at radius 1 is 1.37 bits per heavy atom. The van der Waals surface area contributed by atoms with Gasteiger partial charge in [0.2, 0.25) is 0 Å². The summed E-state index contributed by atoms with van der Waals surface area (Å²) in [6, 6.07) is 4.79. The van der Waals surface area contributed by atoms with Crippen molar-refractivity contribution in [3.05, 3.63) is 53.2 Å². The van der Waals surface area contributed by atoms with E-state index >= 15 is 0 Å². The fraction of sp³-hybridized carbons (Fsp3) is 0.154. The van der Waals surface area contributed by atoms with Crippen LogP contribution in [0.15, 0.2) is 30.6 Å². The number of nitrogens with zero attached hydrogens (tertiary/aromatic N) is 2. The minimum atomic E-state index is -0.438. The van der Waals surface area contributed by atoms with Crippen LogP contribution in [0.5, 0.6) is 0 Å². The first-order chi connectivity index (χ1) is 9.08. The predicted molar refractivity (Wildman–Crippen MR) is 68.8 cm³/mol. The predicted octanol–water partition coefficient (Wildman–Crippen LogP) is 1.44. The molecule has 98 valence electrons. The van der Waals surface area contributed by atoms with E-state index in [9.17, 15) is 9.18 Å². The van der Waals surface area contributed by atoms with E-state index in [1.807, 2.05) is 0 Å². The highest BCUT2D eigenvalue weighted by atomic mass is 19.1. The Bertz CT molecular complexity index is 615. The van der Waals surface area contributed by atoms with Crippen molar-refractivity contribution in [2.45, 2.75) is 13.5 Å². The van der Waals surface area contributed by atoms with Gasteiger partial charge in [-0.15, -0.1) is 0 Å². The van der Waals surface area contributed by atoms with Crippen molar-refractivity contribution < 1.29 is 9.18 Å². The van der Waals surface area contributed by atoms with Gasteiger partial charge in [-0.2, -0.15) is 0 Å². The molecule has 0 aliphatic carbocycles.